The van der Waals surface area contributed by atoms with Crippen LogP contribution in [0, 0.1) is 0 Å². The number of rotatable bonds is 2. The first-order valence-electron chi connectivity index (χ1n) is 4.99. The number of carbonyl (C=O) groups excluding carboxylic acids is 1. The predicted octanol–water partition coefficient (Wildman–Crippen LogP) is 1.52. The monoisotopic (exact) mass is 182 g/mol. The van der Waals surface area contributed by atoms with E-state index in [0.717, 1.165) is 12.8 Å². The minimum atomic E-state index is 0.0862. The molecule has 1 fully saturated rings. The summed E-state index contributed by atoms with van der Waals surface area (Å²) in [7, 11) is 0. The van der Waals surface area contributed by atoms with Crippen molar-refractivity contribution in [2.75, 3.05) is 0 Å². The molecule has 1 aliphatic rings. The van der Waals surface area contributed by atoms with Gasteiger partial charge in [0, 0.05) is 6.42 Å². The summed E-state index contributed by atoms with van der Waals surface area (Å²) in [4.78, 5) is 11.3. The second kappa shape index (κ2) is 5.62. The van der Waals surface area contributed by atoms with Crippen molar-refractivity contribution < 1.29 is 4.79 Å². The van der Waals surface area contributed by atoms with Crippen molar-refractivity contribution in [3.63, 3.8) is 0 Å². The van der Waals surface area contributed by atoms with Crippen LogP contribution in [0.5, 0.6) is 0 Å². The molecule has 0 aliphatic carbocycles. The van der Waals surface area contributed by atoms with Crippen LogP contribution in [-0.2, 0) is 4.79 Å². The minimum absolute atomic E-state index is 0.0862. The molecule has 0 radical (unpaired) electrons. The lowest BCUT2D eigenvalue weighted by Gasteiger charge is -2.17. The SMILES string of the molecule is C=CNC1CCCCCCC(=O)N1. The Bertz CT molecular complexity index is 180. The van der Waals surface area contributed by atoms with E-state index in [1.807, 2.05) is 0 Å². The van der Waals surface area contributed by atoms with E-state index in [-0.39, 0.29) is 12.1 Å². The van der Waals surface area contributed by atoms with E-state index in [1.165, 1.54) is 19.3 Å². The van der Waals surface area contributed by atoms with E-state index >= 15 is 0 Å². The molecule has 1 aliphatic heterocycles. The lowest BCUT2D eigenvalue weighted by Crippen LogP contribution is -2.42. The van der Waals surface area contributed by atoms with Crippen LogP contribution in [0.2, 0.25) is 0 Å². The molecule has 1 atom stereocenters. The van der Waals surface area contributed by atoms with Crippen molar-refractivity contribution in [2.24, 2.45) is 0 Å². The van der Waals surface area contributed by atoms with Crippen LogP contribution >= 0.6 is 0 Å². The predicted molar refractivity (Wildman–Crippen MR) is 53.0 cm³/mol. The molecule has 74 valence electrons. The summed E-state index contributed by atoms with van der Waals surface area (Å²) in [5.41, 5.74) is 0. The molecule has 3 heteroatoms. The van der Waals surface area contributed by atoms with E-state index in [1.54, 1.807) is 6.20 Å². The second-order valence-electron chi connectivity index (χ2n) is 3.44. The summed E-state index contributed by atoms with van der Waals surface area (Å²) in [6, 6.07) is 0. The van der Waals surface area contributed by atoms with Crippen LogP contribution in [0.15, 0.2) is 12.8 Å². The number of nitrogens with one attached hydrogen (secondary N) is 2. The third-order valence-electron chi connectivity index (χ3n) is 2.30. The summed E-state index contributed by atoms with van der Waals surface area (Å²) in [5.74, 6) is 0.154. The van der Waals surface area contributed by atoms with Crippen LogP contribution < -0.4 is 10.6 Å². The van der Waals surface area contributed by atoms with E-state index in [0.29, 0.717) is 6.42 Å². The molecular weight excluding hydrogens is 164 g/mol. The van der Waals surface area contributed by atoms with Gasteiger partial charge in [-0.25, -0.2) is 0 Å². The van der Waals surface area contributed by atoms with Crippen molar-refractivity contribution >= 4 is 5.91 Å². The maximum absolute atomic E-state index is 11.3. The first-order valence-corrected chi connectivity index (χ1v) is 4.99. The van der Waals surface area contributed by atoms with Gasteiger partial charge in [0.25, 0.3) is 0 Å². The second-order valence-corrected chi connectivity index (χ2v) is 3.44. The molecule has 3 nitrogen and oxygen atoms in total. The van der Waals surface area contributed by atoms with Gasteiger partial charge < -0.3 is 10.6 Å². The maximum Gasteiger partial charge on any atom is 0.221 e. The molecule has 0 bridgehead atoms. The molecule has 1 amide bonds. The maximum atomic E-state index is 11.3. The van der Waals surface area contributed by atoms with E-state index in [2.05, 4.69) is 17.2 Å². The van der Waals surface area contributed by atoms with Gasteiger partial charge >= 0.3 is 0 Å². The highest BCUT2D eigenvalue weighted by Gasteiger charge is 2.11. The topological polar surface area (TPSA) is 41.1 Å². The zero-order valence-corrected chi connectivity index (χ0v) is 8.01. The normalized spacial score (nSPS) is 24.9. The molecule has 0 aromatic heterocycles. The molecule has 0 aromatic rings. The number of hydrogen-bond donors (Lipinski definition) is 2. The molecule has 1 rings (SSSR count). The summed E-state index contributed by atoms with van der Waals surface area (Å²) < 4.78 is 0. The number of carbonyl (C=O) groups is 1. The van der Waals surface area contributed by atoms with Crippen molar-refractivity contribution in [2.45, 2.75) is 44.7 Å². The molecule has 0 aromatic carbocycles. The minimum Gasteiger partial charge on any atom is -0.372 e. The quantitative estimate of drug-likeness (QED) is 0.679. The number of hydrogen-bond acceptors (Lipinski definition) is 2. The lowest BCUT2D eigenvalue weighted by molar-refractivity contribution is -0.122. The van der Waals surface area contributed by atoms with Gasteiger partial charge in [0.15, 0.2) is 0 Å². The van der Waals surface area contributed by atoms with Crippen LogP contribution in [0.3, 0.4) is 0 Å². The largest absolute Gasteiger partial charge is 0.372 e. The lowest BCUT2D eigenvalue weighted by atomic mass is 10.1. The molecule has 0 saturated carbocycles. The smallest absolute Gasteiger partial charge is 0.221 e. The standard InChI is InChI=1S/C10H18N2O/c1-2-11-9-7-5-3-4-6-8-10(13)12-9/h2,9,11H,1,3-8H2,(H,12,13). The van der Waals surface area contributed by atoms with Crippen LogP contribution in [0.4, 0.5) is 0 Å². The van der Waals surface area contributed by atoms with Crippen LogP contribution in [-0.4, -0.2) is 12.1 Å². The highest BCUT2D eigenvalue weighted by Crippen LogP contribution is 2.09. The first kappa shape index (κ1) is 10.1. The Balaban J connectivity index is 2.40. The highest BCUT2D eigenvalue weighted by atomic mass is 16.1. The van der Waals surface area contributed by atoms with Crippen molar-refractivity contribution in [1.82, 2.24) is 10.6 Å². The fraction of sp³-hybridized carbons (Fsp3) is 0.700. The van der Waals surface area contributed by atoms with Crippen molar-refractivity contribution in [3.05, 3.63) is 12.8 Å². The molecule has 13 heavy (non-hydrogen) atoms. The fourth-order valence-corrected chi connectivity index (χ4v) is 1.59. The van der Waals surface area contributed by atoms with E-state index in [9.17, 15) is 4.79 Å². The highest BCUT2D eigenvalue weighted by molar-refractivity contribution is 5.76. The van der Waals surface area contributed by atoms with Gasteiger partial charge in [0.05, 0.1) is 6.17 Å². The molecule has 1 saturated heterocycles. The third-order valence-corrected chi connectivity index (χ3v) is 2.30. The van der Waals surface area contributed by atoms with Gasteiger partial charge in [0.1, 0.15) is 0 Å². The average Bonchev–Trinajstić information content (AvgIpc) is 2.18. The Kier molecular flexibility index (Phi) is 4.36. The van der Waals surface area contributed by atoms with Gasteiger partial charge in [0.2, 0.25) is 5.91 Å². The Morgan fingerprint density at radius 2 is 2.15 bits per heavy atom. The van der Waals surface area contributed by atoms with Gasteiger partial charge in [-0.15, -0.1) is 0 Å². The van der Waals surface area contributed by atoms with Gasteiger partial charge in [-0.1, -0.05) is 19.4 Å². The van der Waals surface area contributed by atoms with Gasteiger partial charge in [-0.3, -0.25) is 4.79 Å². The molecule has 1 unspecified atom stereocenters. The summed E-state index contributed by atoms with van der Waals surface area (Å²) in [6.07, 6.45) is 7.98. The fourth-order valence-electron chi connectivity index (χ4n) is 1.59. The molecule has 0 spiro atoms. The third kappa shape index (κ3) is 3.97. The van der Waals surface area contributed by atoms with Gasteiger partial charge in [-0.05, 0) is 25.5 Å². The summed E-state index contributed by atoms with van der Waals surface area (Å²) >= 11 is 0. The molecular formula is C10H18N2O. The van der Waals surface area contributed by atoms with Gasteiger partial charge in [-0.2, -0.15) is 0 Å². The Morgan fingerprint density at radius 1 is 1.38 bits per heavy atom. The zero-order valence-electron chi connectivity index (χ0n) is 8.01. The molecule has 2 N–H and O–H groups in total. The van der Waals surface area contributed by atoms with Crippen molar-refractivity contribution in [1.29, 1.82) is 0 Å². The van der Waals surface area contributed by atoms with E-state index < -0.39 is 0 Å². The first-order chi connectivity index (χ1) is 6.33. The number of amides is 1. The Morgan fingerprint density at radius 3 is 2.92 bits per heavy atom. The van der Waals surface area contributed by atoms with Crippen LogP contribution in [0.1, 0.15) is 38.5 Å². The molecule has 1 heterocycles. The summed E-state index contributed by atoms with van der Waals surface area (Å²) in [5, 5.41) is 5.98. The zero-order chi connectivity index (χ0) is 9.52. The summed E-state index contributed by atoms with van der Waals surface area (Å²) in [6.45, 7) is 3.59. The van der Waals surface area contributed by atoms with E-state index in [4.69, 9.17) is 0 Å². The average molecular weight is 182 g/mol. The Labute approximate surface area is 79.6 Å². The van der Waals surface area contributed by atoms with Crippen LogP contribution in [0.25, 0.3) is 0 Å². The Hall–Kier alpha value is -0.990. The van der Waals surface area contributed by atoms with Crippen molar-refractivity contribution in [3.8, 4) is 0 Å².